The molecule has 3 heteroatoms. The number of aliphatic hydroxyl groups is 1. The highest BCUT2D eigenvalue weighted by molar-refractivity contribution is 5.29. The first kappa shape index (κ1) is 12.9. The highest BCUT2D eigenvalue weighted by atomic mass is 35.5. The van der Waals surface area contributed by atoms with Crippen LogP contribution < -0.4 is 12.4 Å². The van der Waals surface area contributed by atoms with Crippen LogP contribution in [0.25, 0.3) is 0 Å². The van der Waals surface area contributed by atoms with Gasteiger partial charge in [0.1, 0.15) is 5.60 Å². The van der Waals surface area contributed by atoms with Crippen molar-refractivity contribution in [2.45, 2.75) is 25.4 Å². The van der Waals surface area contributed by atoms with Crippen molar-refractivity contribution in [3.8, 4) is 0 Å². The van der Waals surface area contributed by atoms with Gasteiger partial charge in [-0.25, -0.2) is 0 Å². The summed E-state index contributed by atoms with van der Waals surface area (Å²) in [6.45, 7) is 5.24. The van der Waals surface area contributed by atoms with Gasteiger partial charge in [0.05, 0.1) is 0 Å². The van der Waals surface area contributed by atoms with E-state index in [0.29, 0.717) is 5.92 Å². The van der Waals surface area contributed by atoms with Crippen LogP contribution in [-0.2, 0) is 5.60 Å². The Labute approximate surface area is 109 Å². The second kappa shape index (κ2) is 4.60. The van der Waals surface area contributed by atoms with Crippen molar-refractivity contribution in [2.75, 3.05) is 19.6 Å². The lowest BCUT2D eigenvalue weighted by Crippen LogP contribution is -3.00. The highest BCUT2D eigenvalue weighted by Gasteiger charge is 2.46. The maximum Gasteiger partial charge on any atom is 0.105 e. The summed E-state index contributed by atoms with van der Waals surface area (Å²) >= 11 is 0. The van der Waals surface area contributed by atoms with Crippen LogP contribution in [0.3, 0.4) is 0 Å². The van der Waals surface area contributed by atoms with Crippen LogP contribution in [0, 0.1) is 12.8 Å². The topological polar surface area (TPSA) is 23.5 Å². The average Bonchev–Trinajstić information content (AvgIpc) is 2.31. The SMILES string of the molecule is Cc1ccc(C2(O)CN3CCC2CC3)cc1.[Cl-]. The first-order chi connectivity index (χ1) is 7.68. The molecule has 3 aliphatic rings. The number of aryl methyl sites for hydroxylation is 1. The molecule has 17 heavy (non-hydrogen) atoms. The van der Waals surface area contributed by atoms with Gasteiger partial charge in [-0.2, -0.15) is 0 Å². The molecule has 1 atom stereocenters. The third-order valence-corrected chi connectivity index (χ3v) is 4.28. The normalized spacial score (nSPS) is 35.4. The van der Waals surface area contributed by atoms with E-state index in [0.717, 1.165) is 24.9 Å². The molecule has 0 saturated carbocycles. The van der Waals surface area contributed by atoms with Crippen molar-refractivity contribution < 1.29 is 17.5 Å². The largest absolute Gasteiger partial charge is 1.00 e. The smallest absolute Gasteiger partial charge is 0.105 e. The van der Waals surface area contributed by atoms with E-state index in [1.807, 2.05) is 0 Å². The summed E-state index contributed by atoms with van der Waals surface area (Å²) in [6, 6.07) is 8.39. The zero-order valence-electron chi connectivity index (χ0n) is 10.2. The lowest BCUT2D eigenvalue weighted by Gasteiger charge is -2.50. The zero-order chi connectivity index (χ0) is 11.2. The van der Waals surface area contributed by atoms with Gasteiger partial charge < -0.3 is 22.4 Å². The van der Waals surface area contributed by atoms with Crippen molar-refractivity contribution in [2.24, 2.45) is 5.92 Å². The Morgan fingerprint density at radius 3 is 2.24 bits per heavy atom. The standard InChI is InChI=1S/C14H19NO.ClH/c1-11-2-4-12(5-3-11)14(16)10-15-8-6-13(14)7-9-15;/h2-5,13,16H,6-10H2,1H3;1H/p-1. The molecule has 1 aromatic carbocycles. The van der Waals surface area contributed by atoms with E-state index in [9.17, 15) is 5.11 Å². The molecule has 0 aromatic heterocycles. The van der Waals surface area contributed by atoms with E-state index < -0.39 is 5.60 Å². The Hall–Kier alpha value is -0.570. The van der Waals surface area contributed by atoms with Gasteiger partial charge >= 0.3 is 0 Å². The van der Waals surface area contributed by atoms with Crippen LogP contribution in [0.1, 0.15) is 24.0 Å². The van der Waals surface area contributed by atoms with Crippen LogP contribution in [0.4, 0.5) is 0 Å². The summed E-state index contributed by atoms with van der Waals surface area (Å²) in [5, 5.41) is 10.9. The van der Waals surface area contributed by atoms with Crippen LogP contribution in [-0.4, -0.2) is 29.6 Å². The van der Waals surface area contributed by atoms with Gasteiger partial charge in [0.25, 0.3) is 0 Å². The Morgan fingerprint density at radius 1 is 1.18 bits per heavy atom. The van der Waals surface area contributed by atoms with Crippen LogP contribution in [0.15, 0.2) is 24.3 Å². The molecule has 1 aromatic rings. The minimum atomic E-state index is -0.593. The fourth-order valence-corrected chi connectivity index (χ4v) is 3.21. The second-order valence-electron chi connectivity index (χ2n) is 5.34. The molecule has 94 valence electrons. The predicted molar refractivity (Wildman–Crippen MR) is 64.2 cm³/mol. The van der Waals surface area contributed by atoms with Crippen molar-refractivity contribution in [1.29, 1.82) is 0 Å². The lowest BCUT2D eigenvalue weighted by atomic mass is 9.71. The molecular formula is C14H19ClNO-. The molecule has 1 N–H and O–H groups in total. The Morgan fingerprint density at radius 2 is 1.76 bits per heavy atom. The van der Waals surface area contributed by atoms with E-state index >= 15 is 0 Å². The number of hydrogen-bond donors (Lipinski definition) is 1. The summed E-state index contributed by atoms with van der Waals surface area (Å²) in [5.74, 6) is 0.459. The fraction of sp³-hybridized carbons (Fsp3) is 0.571. The Balaban J connectivity index is 0.00000108. The van der Waals surface area contributed by atoms with E-state index in [2.05, 4.69) is 36.1 Å². The molecule has 4 rings (SSSR count). The third kappa shape index (κ3) is 2.10. The lowest BCUT2D eigenvalue weighted by molar-refractivity contribution is -0.117. The molecule has 0 radical (unpaired) electrons. The number of hydrogen-bond acceptors (Lipinski definition) is 2. The Kier molecular flexibility index (Phi) is 3.48. The van der Waals surface area contributed by atoms with Crippen LogP contribution >= 0.6 is 0 Å². The molecule has 1 unspecified atom stereocenters. The third-order valence-electron chi connectivity index (χ3n) is 4.28. The average molecular weight is 253 g/mol. The van der Waals surface area contributed by atoms with Gasteiger partial charge in [0.15, 0.2) is 0 Å². The summed E-state index contributed by atoms with van der Waals surface area (Å²) in [5.41, 5.74) is 1.77. The monoisotopic (exact) mass is 252 g/mol. The maximum atomic E-state index is 10.9. The van der Waals surface area contributed by atoms with Crippen molar-refractivity contribution in [1.82, 2.24) is 4.90 Å². The molecule has 0 amide bonds. The van der Waals surface area contributed by atoms with Gasteiger partial charge in [0.2, 0.25) is 0 Å². The van der Waals surface area contributed by atoms with Gasteiger partial charge in [-0.05, 0) is 44.3 Å². The number of nitrogens with zero attached hydrogens (tertiary/aromatic N) is 1. The van der Waals surface area contributed by atoms with E-state index in [-0.39, 0.29) is 12.4 Å². The number of piperidine rings is 3. The summed E-state index contributed by atoms with van der Waals surface area (Å²) in [6.07, 6.45) is 2.29. The number of rotatable bonds is 1. The van der Waals surface area contributed by atoms with Gasteiger partial charge in [-0.1, -0.05) is 29.8 Å². The quantitative estimate of drug-likeness (QED) is 0.687. The van der Waals surface area contributed by atoms with Crippen molar-refractivity contribution >= 4 is 0 Å². The number of benzene rings is 1. The van der Waals surface area contributed by atoms with Gasteiger partial charge in [0, 0.05) is 6.54 Å². The summed E-state index contributed by atoms with van der Waals surface area (Å²) in [4.78, 5) is 2.39. The van der Waals surface area contributed by atoms with Crippen LogP contribution in [0.2, 0.25) is 0 Å². The molecule has 3 heterocycles. The summed E-state index contributed by atoms with van der Waals surface area (Å²) < 4.78 is 0. The van der Waals surface area contributed by atoms with Crippen molar-refractivity contribution in [3.63, 3.8) is 0 Å². The van der Waals surface area contributed by atoms with E-state index in [1.54, 1.807) is 0 Å². The van der Waals surface area contributed by atoms with Gasteiger partial charge in [-0.15, -0.1) is 0 Å². The maximum absolute atomic E-state index is 10.9. The number of fused-ring (bicyclic) bond motifs is 3. The van der Waals surface area contributed by atoms with E-state index in [1.165, 1.54) is 18.7 Å². The predicted octanol–water partition coefficient (Wildman–Crippen LogP) is -1.09. The van der Waals surface area contributed by atoms with E-state index in [4.69, 9.17) is 0 Å². The minimum absolute atomic E-state index is 0. The summed E-state index contributed by atoms with van der Waals surface area (Å²) in [7, 11) is 0. The zero-order valence-corrected chi connectivity index (χ0v) is 11.0. The molecular weight excluding hydrogens is 234 g/mol. The molecule has 2 nitrogen and oxygen atoms in total. The minimum Gasteiger partial charge on any atom is -1.00 e. The molecule has 0 aliphatic carbocycles. The molecule has 3 fully saturated rings. The fourth-order valence-electron chi connectivity index (χ4n) is 3.21. The molecule has 2 bridgehead atoms. The first-order valence-corrected chi connectivity index (χ1v) is 6.20. The Bertz CT molecular complexity index is 384. The van der Waals surface area contributed by atoms with Gasteiger partial charge in [-0.3, -0.25) is 0 Å². The van der Waals surface area contributed by atoms with Crippen molar-refractivity contribution in [3.05, 3.63) is 35.4 Å². The highest BCUT2D eigenvalue weighted by Crippen LogP contribution is 2.42. The molecule has 0 spiro atoms. The molecule has 3 aliphatic heterocycles. The first-order valence-electron chi connectivity index (χ1n) is 6.20. The molecule has 3 saturated heterocycles. The number of halogens is 1. The van der Waals surface area contributed by atoms with Crippen LogP contribution in [0.5, 0.6) is 0 Å². The second-order valence-corrected chi connectivity index (χ2v) is 5.34.